The van der Waals surface area contributed by atoms with Crippen LogP contribution in [-0.2, 0) is 13.7 Å². The number of nitrogens with two attached hydrogens (primary N) is 1. The Balaban J connectivity index is 1.51. The number of rotatable bonds is 5. The van der Waals surface area contributed by atoms with Crippen LogP contribution in [0.5, 0.6) is 5.75 Å². The van der Waals surface area contributed by atoms with Crippen molar-refractivity contribution in [3.05, 3.63) is 65.9 Å². The molecule has 0 saturated heterocycles. The molecule has 1 amide bonds. The third-order valence-corrected chi connectivity index (χ3v) is 4.83. The van der Waals surface area contributed by atoms with Gasteiger partial charge in [0, 0.05) is 30.4 Å². The largest absolute Gasteiger partial charge is 0.486 e. The third kappa shape index (κ3) is 3.55. The van der Waals surface area contributed by atoms with Crippen LogP contribution in [-0.4, -0.2) is 30.9 Å². The van der Waals surface area contributed by atoms with Crippen LogP contribution in [0, 0.1) is 5.82 Å². The number of pyridine rings is 1. The van der Waals surface area contributed by atoms with E-state index in [-0.39, 0.29) is 11.5 Å². The van der Waals surface area contributed by atoms with Crippen molar-refractivity contribution in [1.82, 2.24) is 25.0 Å². The Kier molecular flexibility index (Phi) is 4.62. The fraction of sp³-hybridized carbons (Fsp3) is 0.0952. The summed E-state index contributed by atoms with van der Waals surface area (Å²) in [4.78, 5) is 15.9. The summed E-state index contributed by atoms with van der Waals surface area (Å²) in [6, 6.07) is 9.86. The van der Waals surface area contributed by atoms with E-state index in [4.69, 9.17) is 10.5 Å². The van der Waals surface area contributed by atoms with E-state index in [2.05, 4.69) is 30.9 Å². The number of nitrogens with one attached hydrogen (secondary N) is 2. The van der Waals surface area contributed by atoms with Gasteiger partial charge >= 0.3 is 0 Å². The lowest BCUT2D eigenvalue weighted by molar-refractivity contribution is 0.0995. The molecule has 0 bridgehead atoms. The number of para-hydroxylation sites is 1. The highest BCUT2D eigenvalue weighted by molar-refractivity contribution is 5.98. The highest BCUT2D eigenvalue weighted by Gasteiger charge is 2.24. The molecule has 4 N–H and O–H groups in total. The van der Waals surface area contributed by atoms with Gasteiger partial charge in [-0.3, -0.25) is 9.48 Å². The van der Waals surface area contributed by atoms with Crippen LogP contribution in [0.4, 0.5) is 27.4 Å². The van der Waals surface area contributed by atoms with E-state index >= 15 is 0 Å². The number of carbonyl (C=O) groups is 1. The van der Waals surface area contributed by atoms with Gasteiger partial charge in [0.2, 0.25) is 0 Å². The van der Waals surface area contributed by atoms with E-state index in [9.17, 15) is 9.18 Å². The van der Waals surface area contributed by atoms with Crippen molar-refractivity contribution >= 4 is 28.9 Å². The summed E-state index contributed by atoms with van der Waals surface area (Å²) >= 11 is 0. The number of benzene rings is 1. The van der Waals surface area contributed by atoms with Crippen LogP contribution in [0.2, 0.25) is 0 Å². The van der Waals surface area contributed by atoms with Gasteiger partial charge in [0.25, 0.3) is 5.91 Å². The van der Waals surface area contributed by atoms with Gasteiger partial charge in [0.1, 0.15) is 23.9 Å². The number of aryl methyl sites for hydroxylation is 1. The van der Waals surface area contributed by atoms with Crippen molar-refractivity contribution in [2.45, 2.75) is 6.61 Å². The van der Waals surface area contributed by atoms with E-state index in [1.807, 2.05) is 31.4 Å². The molecule has 0 fully saturated rings. The van der Waals surface area contributed by atoms with E-state index in [1.54, 1.807) is 10.7 Å². The Morgan fingerprint density at radius 3 is 2.81 bits per heavy atom. The summed E-state index contributed by atoms with van der Waals surface area (Å²) in [5.74, 6) is 0.0405. The number of nitrogens with zero attached hydrogens (tertiary/aromatic N) is 5. The van der Waals surface area contributed by atoms with Gasteiger partial charge in [-0.25, -0.2) is 9.37 Å². The summed E-state index contributed by atoms with van der Waals surface area (Å²) < 4.78 is 20.8. The molecule has 0 spiro atoms. The van der Waals surface area contributed by atoms with E-state index in [0.29, 0.717) is 29.5 Å². The number of anilines is 4. The summed E-state index contributed by atoms with van der Waals surface area (Å²) in [6.45, 7) is 0.370. The standard InChI is InChI=1S/C21H17FN8O2/c1-30-9-11-10-32-20-13(18(11)29-30)3-2-4-14(20)25-15-7-17(27-28-19(15)21(23)31)26-16-6-5-12(22)8-24-16/h2-9H,10H2,1H3,(H2,23,31)(H2,24,25,26,27). The van der Waals surface area contributed by atoms with Crippen LogP contribution >= 0.6 is 0 Å². The normalized spacial score (nSPS) is 11.8. The molecule has 5 rings (SSSR count). The van der Waals surface area contributed by atoms with Crippen LogP contribution in [0.1, 0.15) is 16.1 Å². The zero-order chi connectivity index (χ0) is 22.2. The lowest BCUT2D eigenvalue weighted by atomic mass is 10.0. The SMILES string of the molecule is Cn1cc2c(n1)-c1cccc(Nc3cc(Nc4ccc(F)cn4)nnc3C(N)=O)c1OC2. The van der Waals surface area contributed by atoms with Crippen molar-refractivity contribution in [3.63, 3.8) is 0 Å². The minimum atomic E-state index is -0.746. The van der Waals surface area contributed by atoms with Crippen LogP contribution < -0.4 is 21.1 Å². The summed E-state index contributed by atoms with van der Waals surface area (Å²) in [5.41, 5.74) is 9.03. The van der Waals surface area contributed by atoms with Crippen molar-refractivity contribution in [2.75, 3.05) is 10.6 Å². The van der Waals surface area contributed by atoms with Crippen LogP contribution in [0.25, 0.3) is 11.3 Å². The first kappa shape index (κ1) is 19.4. The molecule has 32 heavy (non-hydrogen) atoms. The minimum Gasteiger partial charge on any atom is -0.486 e. The maximum atomic E-state index is 13.1. The molecule has 0 radical (unpaired) electrons. The number of ether oxygens (including phenoxy) is 1. The van der Waals surface area contributed by atoms with Crippen molar-refractivity contribution in [3.8, 4) is 17.0 Å². The van der Waals surface area contributed by atoms with Gasteiger partial charge in [-0.05, 0) is 24.3 Å². The smallest absolute Gasteiger partial charge is 0.271 e. The predicted molar refractivity (Wildman–Crippen MR) is 114 cm³/mol. The number of amides is 1. The quantitative estimate of drug-likeness (QED) is 0.438. The average molecular weight is 432 g/mol. The first-order chi connectivity index (χ1) is 15.5. The highest BCUT2D eigenvalue weighted by atomic mass is 19.1. The maximum Gasteiger partial charge on any atom is 0.271 e. The first-order valence-corrected chi connectivity index (χ1v) is 9.60. The molecule has 10 nitrogen and oxygen atoms in total. The number of hydrogen-bond donors (Lipinski definition) is 3. The van der Waals surface area contributed by atoms with Crippen LogP contribution in [0.15, 0.2) is 48.8 Å². The Morgan fingerprint density at radius 2 is 2.03 bits per heavy atom. The Morgan fingerprint density at radius 1 is 1.16 bits per heavy atom. The molecular formula is C21H17FN8O2. The number of halogens is 1. The molecule has 4 heterocycles. The first-order valence-electron chi connectivity index (χ1n) is 9.60. The summed E-state index contributed by atoms with van der Waals surface area (Å²) in [6.07, 6.45) is 2.99. The van der Waals surface area contributed by atoms with Crippen LogP contribution in [0.3, 0.4) is 0 Å². The Hall–Kier alpha value is -4.54. The highest BCUT2D eigenvalue weighted by Crippen LogP contribution is 2.42. The second kappa shape index (κ2) is 7.61. The third-order valence-electron chi connectivity index (χ3n) is 4.83. The average Bonchev–Trinajstić information content (AvgIpc) is 3.16. The molecule has 160 valence electrons. The van der Waals surface area contributed by atoms with Gasteiger partial charge in [-0.15, -0.1) is 10.2 Å². The molecule has 1 aliphatic rings. The second-order valence-corrected chi connectivity index (χ2v) is 7.12. The van der Waals surface area contributed by atoms with Crippen molar-refractivity contribution < 1.29 is 13.9 Å². The fourth-order valence-corrected chi connectivity index (χ4v) is 3.45. The maximum absolute atomic E-state index is 13.1. The molecule has 1 aromatic carbocycles. The molecular weight excluding hydrogens is 415 g/mol. The lowest BCUT2D eigenvalue weighted by Gasteiger charge is -2.21. The lowest BCUT2D eigenvalue weighted by Crippen LogP contribution is -2.17. The van der Waals surface area contributed by atoms with Gasteiger partial charge < -0.3 is 21.1 Å². The molecule has 1 aliphatic heterocycles. The second-order valence-electron chi connectivity index (χ2n) is 7.12. The van der Waals surface area contributed by atoms with Crippen molar-refractivity contribution in [2.24, 2.45) is 12.8 Å². The summed E-state index contributed by atoms with van der Waals surface area (Å²) in [7, 11) is 1.85. The van der Waals surface area contributed by atoms with E-state index in [1.165, 1.54) is 12.1 Å². The van der Waals surface area contributed by atoms with Gasteiger partial charge in [0.05, 0.1) is 17.6 Å². The monoisotopic (exact) mass is 432 g/mol. The topological polar surface area (TPSA) is 133 Å². The number of hydrogen-bond acceptors (Lipinski definition) is 8. The number of fused-ring (bicyclic) bond motifs is 3. The number of carbonyl (C=O) groups excluding carboxylic acids is 1. The van der Waals surface area contributed by atoms with Gasteiger partial charge in [-0.1, -0.05) is 6.07 Å². The van der Waals surface area contributed by atoms with E-state index < -0.39 is 11.7 Å². The molecule has 11 heteroatoms. The predicted octanol–water partition coefficient (Wildman–Crippen LogP) is 2.89. The molecule has 0 unspecified atom stereocenters. The Bertz CT molecular complexity index is 1340. The zero-order valence-electron chi connectivity index (χ0n) is 16.8. The summed E-state index contributed by atoms with van der Waals surface area (Å²) in [5, 5.41) is 18.5. The zero-order valence-corrected chi connectivity index (χ0v) is 16.8. The molecule has 0 saturated carbocycles. The van der Waals surface area contributed by atoms with Gasteiger partial charge in [0.15, 0.2) is 17.3 Å². The number of primary amides is 1. The van der Waals surface area contributed by atoms with Gasteiger partial charge in [-0.2, -0.15) is 5.10 Å². The molecule has 4 aromatic rings. The van der Waals surface area contributed by atoms with E-state index in [0.717, 1.165) is 23.0 Å². The Labute approximate surface area is 181 Å². The minimum absolute atomic E-state index is 0.0467. The molecule has 0 atom stereocenters. The number of aromatic nitrogens is 5. The fourth-order valence-electron chi connectivity index (χ4n) is 3.45. The van der Waals surface area contributed by atoms with Crippen molar-refractivity contribution in [1.29, 1.82) is 0 Å². The molecule has 3 aromatic heterocycles. The molecule has 0 aliphatic carbocycles.